The number of nitrogens with one attached hydrogen (secondary N) is 2. The molecule has 154 valence electrons. The molecule has 3 rings (SSSR count). The number of carbonyl (C=O) groups is 2. The SMILES string of the molecule is Cc1ccc(C)c(NC(=O)CSC2=C(C#N)[C@@H](c3ccc(Cl)cc3Cl)CC(=O)N2)c1. The fraction of sp³-hybridized carbons (Fsp3) is 0.227. The predicted octanol–water partition coefficient (Wildman–Crippen LogP) is 5.32. The first-order valence-corrected chi connectivity index (χ1v) is 10.9. The predicted molar refractivity (Wildman–Crippen MR) is 122 cm³/mol. The summed E-state index contributed by atoms with van der Waals surface area (Å²) < 4.78 is 0. The van der Waals surface area contributed by atoms with Crippen LogP contribution in [0.15, 0.2) is 47.0 Å². The highest BCUT2D eigenvalue weighted by molar-refractivity contribution is 8.03. The van der Waals surface area contributed by atoms with Crippen LogP contribution < -0.4 is 10.6 Å². The lowest BCUT2D eigenvalue weighted by Gasteiger charge is -2.25. The Morgan fingerprint density at radius 3 is 2.73 bits per heavy atom. The van der Waals surface area contributed by atoms with E-state index in [9.17, 15) is 14.9 Å². The van der Waals surface area contributed by atoms with Crippen LogP contribution >= 0.6 is 35.0 Å². The first-order chi connectivity index (χ1) is 14.3. The lowest BCUT2D eigenvalue weighted by Crippen LogP contribution is -2.31. The summed E-state index contributed by atoms with van der Waals surface area (Å²) >= 11 is 13.4. The minimum atomic E-state index is -0.488. The maximum absolute atomic E-state index is 12.5. The molecular weight excluding hydrogens is 441 g/mol. The monoisotopic (exact) mass is 459 g/mol. The molecule has 0 spiro atoms. The standard InChI is InChI=1S/C22H19Cl2N3O2S/c1-12-3-4-13(2)19(7-12)26-21(29)11-30-22-17(10-25)16(9-20(28)27-22)15-6-5-14(23)8-18(15)24/h3-8,16H,9,11H2,1-2H3,(H,26,29)(H,27,28)/t16-/m1/s1. The van der Waals surface area contributed by atoms with E-state index in [1.54, 1.807) is 18.2 Å². The maximum Gasteiger partial charge on any atom is 0.234 e. The normalized spacial score (nSPS) is 16.1. The Balaban J connectivity index is 1.80. The van der Waals surface area contributed by atoms with Gasteiger partial charge in [0.1, 0.15) is 0 Å². The second-order valence-corrected chi connectivity index (χ2v) is 8.81. The lowest BCUT2D eigenvalue weighted by atomic mass is 9.87. The molecule has 0 unspecified atom stereocenters. The fourth-order valence-electron chi connectivity index (χ4n) is 3.18. The molecule has 5 nitrogen and oxygen atoms in total. The Labute approximate surface area is 189 Å². The van der Waals surface area contributed by atoms with Crippen LogP contribution in [0.2, 0.25) is 10.0 Å². The van der Waals surface area contributed by atoms with Crippen molar-refractivity contribution in [1.29, 1.82) is 5.26 Å². The van der Waals surface area contributed by atoms with Crippen molar-refractivity contribution in [2.24, 2.45) is 0 Å². The van der Waals surface area contributed by atoms with E-state index >= 15 is 0 Å². The molecule has 0 bridgehead atoms. The number of benzene rings is 2. The molecule has 8 heteroatoms. The number of halogens is 2. The van der Waals surface area contributed by atoms with E-state index < -0.39 is 5.92 Å². The van der Waals surface area contributed by atoms with Gasteiger partial charge in [0.25, 0.3) is 0 Å². The number of nitrogens with zero attached hydrogens (tertiary/aromatic N) is 1. The van der Waals surface area contributed by atoms with Gasteiger partial charge in [0.2, 0.25) is 11.8 Å². The molecule has 0 radical (unpaired) electrons. The highest BCUT2D eigenvalue weighted by Crippen LogP contribution is 2.39. The second kappa shape index (κ2) is 9.57. The molecule has 0 aliphatic carbocycles. The summed E-state index contributed by atoms with van der Waals surface area (Å²) in [4.78, 5) is 24.7. The Kier molecular flexibility index (Phi) is 7.09. The number of anilines is 1. The first-order valence-electron chi connectivity index (χ1n) is 9.17. The molecule has 2 aromatic carbocycles. The maximum atomic E-state index is 12.5. The molecule has 30 heavy (non-hydrogen) atoms. The topological polar surface area (TPSA) is 82.0 Å². The van der Waals surface area contributed by atoms with Crippen molar-refractivity contribution in [3.05, 3.63) is 73.7 Å². The third kappa shape index (κ3) is 5.17. The number of rotatable bonds is 5. The van der Waals surface area contributed by atoms with Crippen LogP contribution in [0.5, 0.6) is 0 Å². The van der Waals surface area contributed by atoms with Crippen LogP contribution in [0, 0.1) is 25.2 Å². The fourth-order valence-corrected chi connectivity index (χ4v) is 4.59. The van der Waals surface area contributed by atoms with Gasteiger partial charge in [-0.25, -0.2) is 0 Å². The van der Waals surface area contributed by atoms with Gasteiger partial charge in [-0.2, -0.15) is 5.26 Å². The molecule has 1 aliphatic heterocycles. The number of thioether (sulfide) groups is 1. The van der Waals surface area contributed by atoms with Gasteiger partial charge in [0.05, 0.1) is 22.4 Å². The molecule has 0 fully saturated rings. The minimum Gasteiger partial charge on any atom is -0.325 e. The van der Waals surface area contributed by atoms with E-state index in [0.717, 1.165) is 28.6 Å². The molecular formula is C22H19Cl2N3O2S. The average molecular weight is 460 g/mol. The number of carbonyl (C=O) groups excluding carboxylic acids is 2. The van der Waals surface area contributed by atoms with Gasteiger partial charge in [-0.05, 0) is 48.7 Å². The zero-order chi connectivity index (χ0) is 21.8. The van der Waals surface area contributed by atoms with Crippen molar-refractivity contribution < 1.29 is 9.59 Å². The van der Waals surface area contributed by atoms with Crippen LogP contribution in [-0.2, 0) is 9.59 Å². The molecule has 0 aromatic heterocycles. The lowest BCUT2D eigenvalue weighted by molar-refractivity contribution is -0.121. The summed E-state index contributed by atoms with van der Waals surface area (Å²) in [6.07, 6.45) is 0.100. The van der Waals surface area contributed by atoms with Crippen molar-refractivity contribution in [3.8, 4) is 6.07 Å². The van der Waals surface area contributed by atoms with E-state index in [2.05, 4.69) is 16.7 Å². The first kappa shape index (κ1) is 22.2. The molecule has 1 atom stereocenters. The van der Waals surface area contributed by atoms with Crippen LogP contribution in [0.25, 0.3) is 0 Å². The largest absolute Gasteiger partial charge is 0.325 e. The Morgan fingerprint density at radius 2 is 2.03 bits per heavy atom. The molecule has 2 N–H and O–H groups in total. The molecule has 1 aliphatic rings. The minimum absolute atomic E-state index is 0.0508. The summed E-state index contributed by atoms with van der Waals surface area (Å²) in [5, 5.41) is 16.6. The number of hydrogen-bond acceptors (Lipinski definition) is 4. The van der Waals surface area contributed by atoms with Crippen LogP contribution in [0.4, 0.5) is 5.69 Å². The summed E-state index contributed by atoms with van der Waals surface area (Å²) in [5.74, 6) is -0.894. The van der Waals surface area contributed by atoms with Crippen molar-refractivity contribution in [2.75, 3.05) is 11.1 Å². The Hall–Kier alpha value is -2.46. The quantitative estimate of drug-likeness (QED) is 0.633. The number of aryl methyl sites for hydroxylation is 2. The van der Waals surface area contributed by atoms with Gasteiger partial charge < -0.3 is 10.6 Å². The summed E-state index contributed by atoms with van der Waals surface area (Å²) in [7, 11) is 0. The number of hydrogen-bond donors (Lipinski definition) is 2. The third-order valence-corrected chi connectivity index (χ3v) is 6.29. The van der Waals surface area contributed by atoms with Gasteiger partial charge in [-0.3, -0.25) is 9.59 Å². The van der Waals surface area contributed by atoms with Crippen molar-refractivity contribution in [2.45, 2.75) is 26.2 Å². The van der Waals surface area contributed by atoms with Gasteiger partial charge in [-0.1, -0.05) is 53.2 Å². The molecule has 0 saturated carbocycles. The summed E-state index contributed by atoms with van der Waals surface area (Å²) in [5.41, 5.74) is 3.78. The van der Waals surface area contributed by atoms with Crippen molar-refractivity contribution in [3.63, 3.8) is 0 Å². The highest BCUT2D eigenvalue weighted by atomic mass is 35.5. The summed E-state index contributed by atoms with van der Waals surface area (Å²) in [6.45, 7) is 3.87. The van der Waals surface area contributed by atoms with Gasteiger partial charge >= 0.3 is 0 Å². The smallest absolute Gasteiger partial charge is 0.234 e. The van der Waals surface area contributed by atoms with Gasteiger partial charge in [0.15, 0.2) is 0 Å². The summed E-state index contributed by atoms with van der Waals surface area (Å²) in [6, 6.07) is 13.0. The molecule has 1 heterocycles. The zero-order valence-corrected chi connectivity index (χ0v) is 18.7. The molecule has 2 amide bonds. The second-order valence-electron chi connectivity index (χ2n) is 6.98. The highest BCUT2D eigenvalue weighted by Gasteiger charge is 2.31. The van der Waals surface area contributed by atoms with E-state index in [1.165, 1.54) is 0 Å². The van der Waals surface area contributed by atoms with Gasteiger partial charge in [-0.15, -0.1) is 0 Å². The van der Waals surface area contributed by atoms with Crippen molar-refractivity contribution in [1.82, 2.24) is 5.32 Å². The van der Waals surface area contributed by atoms with Crippen molar-refractivity contribution >= 4 is 52.5 Å². The average Bonchev–Trinajstić information content (AvgIpc) is 2.69. The number of nitriles is 1. The van der Waals surface area contributed by atoms with Crippen LogP contribution in [-0.4, -0.2) is 17.6 Å². The van der Waals surface area contributed by atoms with E-state index in [1.807, 2.05) is 32.0 Å². The van der Waals surface area contributed by atoms with E-state index in [0.29, 0.717) is 26.2 Å². The Bertz CT molecular complexity index is 1090. The number of amides is 2. The third-order valence-electron chi connectivity index (χ3n) is 4.71. The van der Waals surface area contributed by atoms with E-state index in [-0.39, 0.29) is 24.0 Å². The van der Waals surface area contributed by atoms with Crippen LogP contribution in [0.1, 0.15) is 29.0 Å². The van der Waals surface area contributed by atoms with Gasteiger partial charge in [0, 0.05) is 28.1 Å². The van der Waals surface area contributed by atoms with Crippen LogP contribution in [0.3, 0.4) is 0 Å². The molecule has 0 saturated heterocycles. The van der Waals surface area contributed by atoms with E-state index in [4.69, 9.17) is 23.2 Å². The Morgan fingerprint density at radius 1 is 1.27 bits per heavy atom. The number of allylic oxidation sites excluding steroid dienone is 1. The zero-order valence-electron chi connectivity index (χ0n) is 16.4. The molecule has 2 aromatic rings.